The number of amides is 1. The van der Waals surface area contributed by atoms with E-state index in [4.69, 9.17) is 5.73 Å². The molecule has 1 aliphatic carbocycles. The highest BCUT2D eigenvalue weighted by Gasteiger charge is 2.18. The van der Waals surface area contributed by atoms with Crippen molar-refractivity contribution in [3.8, 4) is 0 Å². The van der Waals surface area contributed by atoms with Gasteiger partial charge in [-0.25, -0.2) is 0 Å². The molecule has 0 aromatic heterocycles. The van der Waals surface area contributed by atoms with Crippen LogP contribution >= 0.6 is 0 Å². The van der Waals surface area contributed by atoms with E-state index in [2.05, 4.69) is 5.32 Å². The van der Waals surface area contributed by atoms with E-state index in [-0.39, 0.29) is 5.91 Å². The van der Waals surface area contributed by atoms with Crippen molar-refractivity contribution in [2.75, 3.05) is 11.1 Å². The van der Waals surface area contributed by atoms with E-state index in [1.807, 2.05) is 26.0 Å². The lowest BCUT2D eigenvalue weighted by Crippen LogP contribution is -2.16. The number of benzene rings is 1. The average molecular weight is 246 g/mol. The van der Waals surface area contributed by atoms with Crippen molar-refractivity contribution in [3.63, 3.8) is 0 Å². The van der Waals surface area contributed by atoms with Crippen LogP contribution in [0.15, 0.2) is 12.1 Å². The average Bonchev–Trinajstić information content (AvgIpc) is 2.78. The molecule has 1 amide bonds. The molecule has 0 spiro atoms. The van der Waals surface area contributed by atoms with Crippen LogP contribution in [-0.2, 0) is 4.79 Å². The smallest absolute Gasteiger partial charge is 0.224 e. The summed E-state index contributed by atoms with van der Waals surface area (Å²) in [7, 11) is 0. The van der Waals surface area contributed by atoms with Crippen molar-refractivity contribution in [3.05, 3.63) is 23.3 Å². The van der Waals surface area contributed by atoms with E-state index in [0.717, 1.165) is 22.5 Å². The number of carbonyl (C=O) groups excluding carboxylic acids is 1. The molecule has 0 radical (unpaired) electrons. The number of aryl methyl sites for hydroxylation is 2. The molecule has 0 bridgehead atoms. The lowest BCUT2D eigenvalue weighted by Gasteiger charge is -2.13. The highest BCUT2D eigenvalue weighted by Crippen LogP contribution is 2.28. The number of hydrogen-bond acceptors (Lipinski definition) is 2. The van der Waals surface area contributed by atoms with Crippen LogP contribution < -0.4 is 11.1 Å². The zero-order valence-electron chi connectivity index (χ0n) is 11.3. The van der Waals surface area contributed by atoms with E-state index in [0.29, 0.717) is 12.3 Å². The first-order valence-electron chi connectivity index (χ1n) is 6.73. The minimum absolute atomic E-state index is 0.133. The predicted octanol–water partition coefficient (Wildman–Crippen LogP) is 3.40. The fourth-order valence-corrected chi connectivity index (χ4v) is 2.65. The zero-order valence-corrected chi connectivity index (χ0v) is 11.3. The van der Waals surface area contributed by atoms with Gasteiger partial charge >= 0.3 is 0 Å². The maximum atomic E-state index is 12.0. The summed E-state index contributed by atoms with van der Waals surface area (Å²) in [6.45, 7) is 3.93. The third-order valence-corrected chi connectivity index (χ3v) is 3.84. The van der Waals surface area contributed by atoms with Crippen LogP contribution in [0, 0.1) is 19.8 Å². The molecule has 0 aliphatic heterocycles. The largest absolute Gasteiger partial charge is 0.399 e. The Balaban J connectivity index is 2.00. The number of nitrogen functional groups attached to an aromatic ring is 1. The lowest BCUT2D eigenvalue weighted by molar-refractivity contribution is -0.117. The molecule has 3 heteroatoms. The summed E-state index contributed by atoms with van der Waals surface area (Å²) in [6.07, 6.45) is 5.61. The normalized spacial score (nSPS) is 15.9. The van der Waals surface area contributed by atoms with Crippen LogP contribution in [-0.4, -0.2) is 5.91 Å². The molecule has 3 nitrogen and oxygen atoms in total. The van der Waals surface area contributed by atoms with E-state index in [1.165, 1.54) is 25.7 Å². The van der Waals surface area contributed by atoms with Gasteiger partial charge in [0.1, 0.15) is 0 Å². The van der Waals surface area contributed by atoms with Gasteiger partial charge in [0.25, 0.3) is 0 Å². The summed E-state index contributed by atoms with van der Waals surface area (Å²) < 4.78 is 0. The van der Waals surface area contributed by atoms with Crippen molar-refractivity contribution in [1.82, 2.24) is 0 Å². The van der Waals surface area contributed by atoms with E-state index in [9.17, 15) is 4.79 Å². The molecule has 1 aromatic rings. The minimum atomic E-state index is 0.133. The van der Waals surface area contributed by atoms with Gasteiger partial charge in [-0.2, -0.15) is 0 Å². The van der Waals surface area contributed by atoms with E-state index in [1.54, 1.807) is 0 Å². The van der Waals surface area contributed by atoms with E-state index >= 15 is 0 Å². The summed E-state index contributed by atoms with van der Waals surface area (Å²) in [4.78, 5) is 12.0. The van der Waals surface area contributed by atoms with Gasteiger partial charge in [0.2, 0.25) is 5.91 Å². The Hall–Kier alpha value is -1.51. The number of anilines is 2. The van der Waals surface area contributed by atoms with Gasteiger partial charge in [0.15, 0.2) is 0 Å². The molecule has 0 atom stereocenters. The summed E-state index contributed by atoms with van der Waals surface area (Å²) in [5.74, 6) is 0.717. The van der Waals surface area contributed by atoms with Gasteiger partial charge in [-0.15, -0.1) is 0 Å². The third kappa shape index (κ3) is 3.03. The summed E-state index contributed by atoms with van der Waals surface area (Å²) in [5, 5.41) is 3.01. The molecule has 2 rings (SSSR count). The number of nitrogens with two attached hydrogens (primary N) is 1. The first-order chi connectivity index (χ1) is 8.56. The molecule has 1 saturated carbocycles. The van der Waals surface area contributed by atoms with Crippen molar-refractivity contribution in [2.45, 2.75) is 46.0 Å². The number of nitrogens with one attached hydrogen (secondary N) is 1. The third-order valence-electron chi connectivity index (χ3n) is 3.84. The standard InChI is InChI=1S/C15H22N2O/c1-10-8-14(11(2)7-13(10)16)17-15(18)9-12-5-3-4-6-12/h7-8,12H,3-6,9,16H2,1-2H3,(H,17,18). The van der Waals surface area contributed by atoms with Gasteiger partial charge in [-0.3, -0.25) is 4.79 Å². The minimum Gasteiger partial charge on any atom is -0.399 e. The molecule has 0 saturated heterocycles. The lowest BCUT2D eigenvalue weighted by atomic mass is 10.0. The maximum absolute atomic E-state index is 12.0. The molecular formula is C15H22N2O. The van der Waals surface area contributed by atoms with Gasteiger partial charge in [-0.1, -0.05) is 12.8 Å². The Kier molecular flexibility index (Phi) is 3.90. The van der Waals surface area contributed by atoms with Crippen LogP contribution in [0.5, 0.6) is 0 Å². The van der Waals surface area contributed by atoms with Gasteiger partial charge in [-0.05, 0) is 55.9 Å². The number of hydrogen-bond donors (Lipinski definition) is 2. The van der Waals surface area contributed by atoms with Crippen LogP contribution in [0.2, 0.25) is 0 Å². The monoisotopic (exact) mass is 246 g/mol. The second kappa shape index (κ2) is 5.42. The van der Waals surface area contributed by atoms with Crippen LogP contribution in [0.1, 0.15) is 43.2 Å². The number of rotatable bonds is 3. The zero-order chi connectivity index (χ0) is 13.1. The highest BCUT2D eigenvalue weighted by molar-refractivity contribution is 5.92. The SMILES string of the molecule is Cc1cc(NC(=O)CC2CCCC2)c(C)cc1N. The quantitative estimate of drug-likeness (QED) is 0.803. The molecule has 98 valence electrons. The Morgan fingerprint density at radius 1 is 1.28 bits per heavy atom. The Labute approximate surface area is 109 Å². The van der Waals surface area contributed by atoms with E-state index < -0.39 is 0 Å². The Bertz CT molecular complexity index is 448. The first-order valence-corrected chi connectivity index (χ1v) is 6.73. The van der Waals surface area contributed by atoms with Gasteiger partial charge in [0, 0.05) is 17.8 Å². The maximum Gasteiger partial charge on any atom is 0.224 e. The molecular weight excluding hydrogens is 224 g/mol. The van der Waals surface area contributed by atoms with Crippen molar-refractivity contribution >= 4 is 17.3 Å². The molecule has 0 unspecified atom stereocenters. The predicted molar refractivity (Wildman–Crippen MR) is 75.5 cm³/mol. The fourth-order valence-electron chi connectivity index (χ4n) is 2.65. The summed E-state index contributed by atoms with van der Waals surface area (Å²) >= 11 is 0. The molecule has 0 heterocycles. The Morgan fingerprint density at radius 2 is 1.94 bits per heavy atom. The summed E-state index contributed by atoms with van der Waals surface area (Å²) in [5.41, 5.74) is 9.55. The van der Waals surface area contributed by atoms with Crippen molar-refractivity contribution in [1.29, 1.82) is 0 Å². The van der Waals surface area contributed by atoms with Gasteiger partial charge < -0.3 is 11.1 Å². The van der Waals surface area contributed by atoms with Crippen molar-refractivity contribution in [2.24, 2.45) is 5.92 Å². The second-order valence-corrected chi connectivity index (χ2v) is 5.43. The molecule has 1 aliphatic rings. The summed E-state index contributed by atoms with van der Waals surface area (Å²) in [6, 6.07) is 3.87. The molecule has 1 aromatic carbocycles. The molecule has 18 heavy (non-hydrogen) atoms. The van der Waals surface area contributed by atoms with Crippen molar-refractivity contribution < 1.29 is 4.79 Å². The fraction of sp³-hybridized carbons (Fsp3) is 0.533. The van der Waals surface area contributed by atoms with Crippen LogP contribution in [0.3, 0.4) is 0 Å². The van der Waals surface area contributed by atoms with Crippen LogP contribution in [0.25, 0.3) is 0 Å². The second-order valence-electron chi connectivity index (χ2n) is 5.43. The molecule has 1 fully saturated rings. The van der Waals surface area contributed by atoms with Crippen LogP contribution in [0.4, 0.5) is 11.4 Å². The number of carbonyl (C=O) groups is 1. The van der Waals surface area contributed by atoms with Gasteiger partial charge in [0.05, 0.1) is 0 Å². The topological polar surface area (TPSA) is 55.1 Å². The molecule has 3 N–H and O–H groups in total. The first kappa shape index (κ1) is 12.9. The highest BCUT2D eigenvalue weighted by atomic mass is 16.1. The Morgan fingerprint density at radius 3 is 2.61 bits per heavy atom.